The van der Waals surface area contributed by atoms with Gasteiger partial charge in [0.05, 0.1) is 33.0 Å². The Hall–Kier alpha value is -1.26. The molecule has 1 aromatic carbocycles. The fourth-order valence-corrected chi connectivity index (χ4v) is 1.57. The SMILES string of the molecule is CCC(C)OCC(N)c1ccc(OC)c(OC)c1. The Labute approximate surface area is 109 Å². The van der Waals surface area contributed by atoms with Gasteiger partial charge in [0, 0.05) is 0 Å². The molecule has 102 valence electrons. The molecule has 0 aromatic heterocycles. The van der Waals surface area contributed by atoms with E-state index in [4.69, 9.17) is 19.9 Å². The van der Waals surface area contributed by atoms with Gasteiger partial charge in [0.15, 0.2) is 11.5 Å². The highest BCUT2D eigenvalue weighted by atomic mass is 16.5. The first-order chi connectivity index (χ1) is 8.62. The van der Waals surface area contributed by atoms with Crippen LogP contribution in [0.5, 0.6) is 11.5 Å². The van der Waals surface area contributed by atoms with Crippen LogP contribution in [-0.2, 0) is 4.74 Å². The van der Waals surface area contributed by atoms with E-state index in [1.54, 1.807) is 14.2 Å². The van der Waals surface area contributed by atoms with Crippen molar-refractivity contribution in [3.8, 4) is 11.5 Å². The van der Waals surface area contributed by atoms with Crippen molar-refractivity contribution in [2.24, 2.45) is 5.73 Å². The zero-order valence-corrected chi connectivity index (χ0v) is 11.6. The molecule has 0 aliphatic carbocycles. The quantitative estimate of drug-likeness (QED) is 0.811. The molecule has 2 atom stereocenters. The van der Waals surface area contributed by atoms with E-state index in [1.807, 2.05) is 25.1 Å². The lowest BCUT2D eigenvalue weighted by molar-refractivity contribution is 0.0539. The molecule has 4 nitrogen and oxygen atoms in total. The van der Waals surface area contributed by atoms with Crippen LogP contribution in [0, 0.1) is 0 Å². The first kappa shape index (κ1) is 14.8. The third-order valence-electron chi connectivity index (χ3n) is 2.97. The van der Waals surface area contributed by atoms with Crippen molar-refractivity contribution < 1.29 is 14.2 Å². The van der Waals surface area contributed by atoms with Gasteiger partial charge in [-0.25, -0.2) is 0 Å². The molecule has 0 radical (unpaired) electrons. The highest BCUT2D eigenvalue weighted by Crippen LogP contribution is 2.29. The molecule has 1 rings (SSSR count). The lowest BCUT2D eigenvalue weighted by Crippen LogP contribution is -2.20. The third kappa shape index (κ3) is 3.89. The number of hydrogen-bond acceptors (Lipinski definition) is 4. The van der Waals surface area contributed by atoms with Crippen LogP contribution in [0.15, 0.2) is 18.2 Å². The Balaban J connectivity index is 2.70. The molecule has 0 amide bonds. The maximum absolute atomic E-state index is 6.09. The predicted octanol–water partition coefficient (Wildman–Crippen LogP) is 2.52. The molecule has 0 aliphatic heterocycles. The molecule has 0 spiro atoms. The van der Waals surface area contributed by atoms with Crippen molar-refractivity contribution in [3.63, 3.8) is 0 Å². The van der Waals surface area contributed by atoms with Gasteiger partial charge in [0.2, 0.25) is 0 Å². The molecule has 0 fully saturated rings. The zero-order chi connectivity index (χ0) is 13.5. The minimum absolute atomic E-state index is 0.154. The highest BCUT2D eigenvalue weighted by Gasteiger charge is 2.11. The number of benzene rings is 1. The summed E-state index contributed by atoms with van der Waals surface area (Å²) in [5, 5.41) is 0. The minimum atomic E-state index is -0.154. The maximum Gasteiger partial charge on any atom is 0.161 e. The molecule has 4 heteroatoms. The minimum Gasteiger partial charge on any atom is -0.493 e. The first-order valence-corrected chi connectivity index (χ1v) is 6.21. The summed E-state index contributed by atoms with van der Waals surface area (Å²) >= 11 is 0. The Bertz CT molecular complexity index is 368. The van der Waals surface area contributed by atoms with E-state index in [1.165, 1.54) is 0 Å². The van der Waals surface area contributed by atoms with E-state index in [-0.39, 0.29) is 12.1 Å². The van der Waals surface area contributed by atoms with E-state index in [9.17, 15) is 0 Å². The summed E-state index contributed by atoms with van der Waals surface area (Å²) in [6, 6.07) is 5.53. The second kappa shape index (κ2) is 7.24. The predicted molar refractivity (Wildman–Crippen MR) is 72.2 cm³/mol. The van der Waals surface area contributed by atoms with Crippen molar-refractivity contribution >= 4 is 0 Å². The number of hydrogen-bond donors (Lipinski definition) is 1. The van der Waals surface area contributed by atoms with Crippen LogP contribution in [0.25, 0.3) is 0 Å². The molecular weight excluding hydrogens is 230 g/mol. The van der Waals surface area contributed by atoms with Crippen molar-refractivity contribution in [2.75, 3.05) is 20.8 Å². The molecule has 2 unspecified atom stereocenters. The zero-order valence-electron chi connectivity index (χ0n) is 11.6. The maximum atomic E-state index is 6.09. The largest absolute Gasteiger partial charge is 0.493 e. The summed E-state index contributed by atoms with van der Waals surface area (Å²) in [7, 11) is 3.23. The Morgan fingerprint density at radius 1 is 1.17 bits per heavy atom. The van der Waals surface area contributed by atoms with Gasteiger partial charge in [-0.2, -0.15) is 0 Å². The Kier molecular flexibility index (Phi) is 5.95. The normalized spacial score (nSPS) is 14.1. The van der Waals surface area contributed by atoms with Gasteiger partial charge < -0.3 is 19.9 Å². The van der Waals surface area contributed by atoms with Crippen LogP contribution in [0.4, 0.5) is 0 Å². The second-order valence-corrected chi connectivity index (χ2v) is 4.27. The van der Waals surface area contributed by atoms with E-state index in [2.05, 4.69) is 6.92 Å². The van der Waals surface area contributed by atoms with Gasteiger partial charge in [-0.1, -0.05) is 13.0 Å². The molecule has 1 aromatic rings. The summed E-state index contributed by atoms with van der Waals surface area (Å²) in [6.07, 6.45) is 1.22. The standard InChI is InChI=1S/C14H23NO3/c1-5-10(2)18-9-12(15)11-6-7-13(16-3)14(8-11)17-4/h6-8,10,12H,5,9,15H2,1-4H3. The van der Waals surface area contributed by atoms with Crippen LogP contribution in [-0.4, -0.2) is 26.9 Å². The van der Waals surface area contributed by atoms with Crippen LogP contribution in [0.2, 0.25) is 0 Å². The van der Waals surface area contributed by atoms with Crippen molar-refractivity contribution in [2.45, 2.75) is 32.4 Å². The Morgan fingerprint density at radius 2 is 1.83 bits per heavy atom. The van der Waals surface area contributed by atoms with Gasteiger partial charge in [-0.05, 0) is 31.0 Å². The first-order valence-electron chi connectivity index (χ1n) is 6.21. The molecule has 2 N–H and O–H groups in total. The third-order valence-corrected chi connectivity index (χ3v) is 2.97. The second-order valence-electron chi connectivity index (χ2n) is 4.27. The summed E-state index contributed by atoms with van der Waals surface area (Å²) in [5.74, 6) is 1.39. The van der Waals surface area contributed by atoms with Crippen molar-refractivity contribution in [1.29, 1.82) is 0 Å². The Morgan fingerprint density at radius 3 is 2.39 bits per heavy atom. The topological polar surface area (TPSA) is 53.7 Å². The fourth-order valence-electron chi connectivity index (χ4n) is 1.57. The van der Waals surface area contributed by atoms with Crippen LogP contribution >= 0.6 is 0 Å². The number of ether oxygens (including phenoxy) is 3. The molecule has 0 aliphatic rings. The van der Waals surface area contributed by atoms with Gasteiger partial charge in [-0.3, -0.25) is 0 Å². The van der Waals surface area contributed by atoms with Crippen molar-refractivity contribution in [3.05, 3.63) is 23.8 Å². The average Bonchev–Trinajstić information content (AvgIpc) is 2.43. The lowest BCUT2D eigenvalue weighted by Gasteiger charge is -2.17. The summed E-state index contributed by atoms with van der Waals surface area (Å²) in [5.41, 5.74) is 7.07. The van der Waals surface area contributed by atoms with E-state index in [0.717, 1.165) is 12.0 Å². The summed E-state index contributed by atoms with van der Waals surface area (Å²) < 4.78 is 16.1. The van der Waals surface area contributed by atoms with E-state index >= 15 is 0 Å². The number of methoxy groups -OCH3 is 2. The molecule has 0 bridgehead atoms. The van der Waals surface area contributed by atoms with Gasteiger partial charge >= 0.3 is 0 Å². The fraction of sp³-hybridized carbons (Fsp3) is 0.571. The van der Waals surface area contributed by atoms with Crippen LogP contribution in [0.1, 0.15) is 31.9 Å². The smallest absolute Gasteiger partial charge is 0.161 e. The molecule has 18 heavy (non-hydrogen) atoms. The lowest BCUT2D eigenvalue weighted by atomic mass is 10.1. The molecule has 0 saturated heterocycles. The van der Waals surface area contributed by atoms with E-state index < -0.39 is 0 Å². The molecular formula is C14H23NO3. The van der Waals surface area contributed by atoms with Crippen LogP contribution < -0.4 is 15.2 Å². The highest BCUT2D eigenvalue weighted by molar-refractivity contribution is 5.43. The van der Waals surface area contributed by atoms with Gasteiger partial charge in [-0.15, -0.1) is 0 Å². The molecule has 0 saturated carbocycles. The monoisotopic (exact) mass is 253 g/mol. The molecule has 0 heterocycles. The number of rotatable bonds is 7. The summed E-state index contributed by atoms with van der Waals surface area (Å²) in [4.78, 5) is 0. The average molecular weight is 253 g/mol. The van der Waals surface area contributed by atoms with Gasteiger partial charge in [0.25, 0.3) is 0 Å². The van der Waals surface area contributed by atoms with E-state index in [0.29, 0.717) is 18.1 Å². The van der Waals surface area contributed by atoms with Crippen LogP contribution in [0.3, 0.4) is 0 Å². The summed E-state index contributed by atoms with van der Waals surface area (Å²) in [6.45, 7) is 4.64. The number of nitrogens with two attached hydrogens (primary N) is 1. The van der Waals surface area contributed by atoms with Gasteiger partial charge in [0.1, 0.15) is 0 Å². The van der Waals surface area contributed by atoms with Crippen molar-refractivity contribution in [1.82, 2.24) is 0 Å².